The third-order valence-corrected chi connectivity index (χ3v) is 4.18. The molecule has 6 nitrogen and oxygen atoms in total. The predicted molar refractivity (Wildman–Crippen MR) is 95.5 cm³/mol. The van der Waals surface area contributed by atoms with Crippen LogP contribution in [0, 0.1) is 0 Å². The summed E-state index contributed by atoms with van der Waals surface area (Å²) in [6, 6.07) is 12.3. The van der Waals surface area contributed by atoms with Crippen molar-refractivity contribution in [3.8, 4) is 0 Å². The number of ether oxygens (including phenoxy) is 1. The molecule has 0 aliphatic carbocycles. The lowest BCUT2D eigenvalue weighted by Crippen LogP contribution is -2.34. The Balaban J connectivity index is 2.02. The van der Waals surface area contributed by atoms with Crippen LogP contribution in [0.15, 0.2) is 59.7 Å². The number of fused-ring (bicyclic) bond motifs is 1. The number of rotatable bonds is 5. The van der Waals surface area contributed by atoms with Crippen molar-refractivity contribution in [2.45, 2.75) is 6.04 Å². The zero-order valence-corrected chi connectivity index (χ0v) is 14.1. The van der Waals surface area contributed by atoms with Crippen molar-refractivity contribution in [3.63, 3.8) is 0 Å². The fraction of sp³-hybridized carbons (Fsp3) is 0.211. The van der Waals surface area contributed by atoms with Crippen molar-refractivity contribution in [3.05, 3.63) is 76.5 Å². The van der Waals surface area contributed by atoms with Crippen LogP contribution in [0.25, 0.3) is 10.8 Å². The number of amides is 1. The number of hydrogen-bond donors (Lipinski definition) is 1. The van der Waals surface area contributed by atoms with Gasteiger partial charge in [-0.3, -0.25) is 14.6 Å². The minimum Gasteiger partial charge on any atom is -0.382 e. The maximum absolute atomic E-state index is 13.1. The summed E-state index contributed by atoms with van der Waals surface area (Å²) in [5.74, 6) is -0.208. The van der Waals surface area contributed by atoms with Gasteiger partial charge in [0, 0.05) is 37.3 Å². The molecule has 0 radical (unpaired) electrons. The normalized spacial score (nSPS) is 12.1. The average Bonchev–Trinajstić information content (AvgIpc) is 2.66. The predicted octanol–water partition coefficient (Wildman–Crippen LogP) is 2.38. The van der Waals surface area contributed by atoms with E-state index in [0.717, 1.165) is 5.69 Å². The molecule has 2 heterocycles. The molecule has 0 fully saturated rings. The lowest BCUT2D eigenvalue weighted by Gasteiger charge is -2.27. The molecule has 3 rings (SSSR count). The zero-order valence-electron chi connectivity index (χ0n) is 14.1. The molecule has 0 aliphatic rings. The van der Waals surface area contributed by atoms with Gasteiger partial charge in [-0.15, -0.1) is 0 Å². The van der Waals surface area contributed by atoms with Crippen LogP contribution in [0.3, 0.4) is 0 Å². The van der Waals surface area contributed by atoms with Crippen molar-refractivity contribution in [1.29, 1.82) is 0 Å². The SMILES string of the molecule is COC[C@@H](c1ccccn1)N(C)C(=O)c1c[nH]c(=O)c2ccccc12. The van der Waals surface area contributed by atoms with Gasteiger partial charge in [0.1, 0.15) is 0 Å². The topological polar surface area (TPSA) is 75.3 Å². The van der Waals surface area contributed by atoms with E-state index in [1.54, 1.807) is 43.5 Å². The van der Waals surface area contributed by atoms with E-state index in [1.807, 2.05) is 24.3 Å². The fourth-order valence-electron chi connectivity index (χ4n) is 2.84. The van der Waals surface area contributed by atoms with E-state index in [1.165, 1.54) is 6.20 Å². The minimum absolute atomic E-state index is 0.208. The highest BCUT2D eigenvalue weighted by Gasteiger charge is 2.25. The largest absolute Gasteiger partial charge is 0.382 e. The molecule has 1 aromatic carbocycles. The van der Waals surface area contributed by atoms with Crippen LogP contribution in [0.5, 0.6) is 0 Å². The number of carbonyl (C=O) groups is 1. The van der Waals surface area contributed by atoms with E-state index in [4.69, 9.17) is 4.74 Å². The van der Waals surface area contributed by atoms with Crippen molar-refractivity contribution in [1.82, 2.24) is 14.9 Å². The standard InChI is InChI=1S/C19H19N3O3/c1-22(17(12-25-2)16-9-5-6-10-20-16)19(24)15-11-21-18(23)14-8-4-3-7-13(14)15/h3-11,17H,12H2,1-2H3,(H,21,23)/t17-/m0/s1. The molecule has 0 bridgehead atoms. The monoisotopic (exact) mass is 337 g/mol. The van der Waals surface area contributed by atoms with E-state index in [-0.39, 0.29) is 17.5 Å². The molecule has 128 valence electrons. The summed E-state index contributed by atoms with van der Waals surface area (Å²) in [7, 11) is 3.30. The molecule has 1 atom stereocenters. The smallest absolute Gasteiger partial charge is 0.256 e. The van der Waals surface area contributed by atoms with Crippen molar-refractivity contribution in [2.24, 2.45) is 0 Å². The molecule has 0 aliphatic heterocycles. The summed E-state index contributed by atoms with van der Waals surface area (Å²) >= 11 is 0. The molecule has 1 N–H and O–H groups in total. The van der Waals surface area contributed by atoms with Crippen LogP contribution >= 0.6 is 0 Å². The summed E-state index contributed by atoms with van der Waals surface area (Å²) in [6.07, 6.45) is 3.15. The molecule has 2 aromatic heterocycles. The van der Waals surface area contributed by atoms with Gasteiger partial charge in [0.25, 0.3) is 11.5 Å². The van der Waals surface area contributed by atoms with Gasteiger partial charge < -0.3 is 14.6 Å². The number of hydrogen-bond acceptors (Lipinski definition) is 4. The highest BCUT2D eigenvalue weighted by Crippen LogP contribution is 2.22. The van der Waals surface area contributed by atoms with E-state index in [9.17, 15) is 9.59 Å². The van der Waals surface area contributed by atoms with E-state index < -0.39 is 0 Å². The lowest BCUT2D eigenvalue weighted by molar-refractivity contribution is 0.0596. The molecule has 6 heteroatoms. The Kier molecular flexibility index (Phi) is 4.90. The Morgan fingerprint density at radius 3 is 2.60 bits per heavy atom. The van der Waals surface area contributed by atoms with Gasteiger partial charge in [-0.1, -0.05) is 24.3 Å². The molecular formula is C19H19N3O3. The van der Waals surface area contributed by atoms with Gasteiger partial charge >= 0.3 is 0 Å². The van der Waals surface area contributed by atoms with E-state index >= 15 is 0 Å². The second kappa shape index (κ2) is 7.27. The number of carbonyl (C=O) groups excluding carboxylic acids is 1. The third-order valence-electron chi connectivity index (χ3n) is 4.18. The number of methoxy groups -OCH3 is 1. The van der Waals surface area contributed by atoms with Gasteiger partial charge in [0.2, 0.25) is 0 Å². The van der Waals surface area contributed by atoms with Gasteiger partial charge in [0.05, 0.1) is 23.9 Å². The summed E-state index contributed by atoms with van der Waals surface area (Å²) in [5.41, 5.74) is 0.969. The quantitative estimate of drug-likeness (QED) is 0.776. The van der Waals surface area contributed by atoms with Crippen LogP contribution in [0.1, 0.15) is 22.1 Å². The van der Waals surface area contributed by atoms with Crippen molar-refractivity contribution < 1.29 is 9.53 Å². The first-order valence-corrected chi connectivity index (χ1v) is 7.91. The molecule has 0 unspecified atom stereocenters. The first kappa shape index (κ1) is 16.9. The number of benzene rings is 1. The number of aromatic amines is 1. The van der Waals surface area contributed by atoms with Crippen molar-refractivity contribution in [2.75, 3.05) is 20.8 Å². The Bertz CT molecular complexity index is 937. The molecule has 3 aromatic rings. The Morgan fingerprint density at radius 2 is 1.92 bits per heavy atom. The van der Waals surface area contributed by atoms with Crippen LogP contribution < -0.4 is 5.56 Å². The van der Waals surface area contributed by atoms with Crippen LogP contribution in [-0.2, 0) is 4.74 Å². The van der Waals surface area contributed by atoms with E-state index in [0.29, 0.717) is 22.9 Å². The summed E-state index contributed by atoms with van der Waals surface area (Å²) in [4.78, 5) is 33.6. The average molecular weight is 337 g/mol. The van der Waals surface area contributed by atoms with Crippen LogP contribution in [-0.4, -0.2) is 41.5 Å². The second-order valence-electron chi connectivity index (χ2n) is 5.72. The van der Waals surface area contributed by atoms with Gasteiger partial charge in [-0.05, 0) is 18.2 Å². The first-order valence-electron chi connectivity index (χ1n) is 7.91. The highest BCUT2D eigenvalue weighted by molar-refractivity contribution is 6.06. The maximum atomic E-state index is 13.1. The summed E-state index contributed by atoms with van der Waals surface area (Å²) in [6.45, 7) is 0.320. The molecule has 0 saturated heterocycles. The molecule has 0 spiro atoms. The Morgan fingerprint density at radius 1 is 1.20 bits per heavy atom. The highest BCUT2D eigenvalue weighted by atomic mass is 16.5. The number of H-pyrrole nitrogens is 1. The minimum atomic E-state index is -0.329. The number of nitrogens with one attached hydrogen (secondary N) is 1. The number of nitrogens with zero attached hydrogens (tertiary/aromatic N) is 2. The van der Waals surface area contributed by atoms with Gasteiger partial charge in [0.15, 0.2) is 0 Å². The van der Waals surface area contributed by atoms with E-state index in [2.05, 4.69) is 9.97 Å². The fourth-order valence-corrected chi connectivity index (χ4v) is 2.84. The van der Waals surface area contributed by atoms with Crippen molar-refractivity contribution >= 4 is 16.7 Å². The Labute approximate surface area is 145 Å². The first-order chi connectivity index (χ1) is 12.1. The van der Waals surface area contributed by atoms with Gasteiger partial charge in [-0.2, -0.15) is 0 Å². The Hall–Kier alpha value is -2.99. The van der Waals surface area contributed by atoms with Crippen LogP contribution in [0.2, 0.25) is 0 Å². The van der Waals surface area contributed by atoms with Gasteiger partial charge in [-0.25, -0.2) is 0 Å². The van der Waals surface area contributed by atoms with Crippen LogP contribution in [0.4, 0.5) is 0 Å². The number of aromatic nitrogens is 2. The molecule has 0 saturated carbocycles. The maximum Gasteiger partial charge on any atom is 0.256 e. The number of likely N-dealkylation sites (N-methyl/N-ethyl adjacent to an activating group) is 1. The zero-order chi connectivity index (χ0) is 17.8. The molecular weight excluding hydrogens is 318 g/mol. The summed E-state index contributed by atoms with van der Waals surface area (Å²) in [5, 5.41) is 1.11. The molecule has 1 amide bonds. The number of pyridine rings is 2. The third kappa shape index (κ3) is 3.29. The lowest BCUT2D eigenvalue weighted by atomic mass is 10.1. The molecule has 25 heavy (non-hydrogen) atoms. The summed E-state index contributed by atoms with van der Waals surface area (Å²) < 4.78 is 5.28. The second-order valence-corrected chi connectivity index (χ2v) is 5.72.